The molecule has 2 rings (SSSR count). The van der Waals surface area contributed by atoms with Gasteiger partial charge in [0.25, 0.3) is 0 Å². The number of nitrogens with zero attached hydrogens (tertiary/aromatic N) is 1. The first-order valence-corrected chi connectivity index (χ1v) is 6.75. The molecule has 0 atom stereocenters. The quantitative estimate of drug-likeness (QED) is 0.710. The smallest absolute Gasteiger partial charge is 0.0864 e. The number of methoxy groups -OCH3 is 1. The zero-order chi connectivity index (χ0) is 11.5. The highest BCUT2D eigenvalue weighted by atomic mass is 16.5. The van der Waals surface area contributed by atoms with Gasteiger partial charge in [0.1, 0.15) is 0 Å². The van der Waals surface area contributed by atoms with E-state index in [0.717, 1.165) is 25.7 Å². The van der Waals surface area contributed by atoms with E-state index in [2.05, 4.69) is 6.07 Å². The number of nitriles is 1. The first-order valence-electron chi connectivity index (χ1n) is 6.75. The van der Waals surface area contributed by atoms with Crippen LogP contribution >= 0.6 is 0 Å². The minimum atomic E-state index is -0.180. The van der Waals surface area contributed by atoms with Crippen molar-refractivity contribution in [1.82, 2.24) is 0 Å². The molecule has 2 aliphatic rings. The van der Waals surface area contributed by atoms with E-state index in [9.17, 15) is 5.26 Å². The van der Waals surface area contributed by atoms with Crippen LogP contribution in [0, 0.1) is 16.7 Å². The molecule has 90 valence electrons. The molecular formula is C14H23NO. The van der Waals surface area contributed by atoms with Crippen molar-refractivity contribution >= 4 is 0 Å². The fourth-order valence-electron chi connectivity index (χ4n) is 3.83. The fraction of sp³-hybridized carbons (Fsp3) is 0.929. The van der Waals surface area contributed by atoms with E-state index in [1.807, 2.05) is 7.11 Å². The summed E-state index contributed by atoms with van der Waals surface area (Å²) in [5.41, 5.74) is -0.305. The van der Waals surface area contributed by atoms with Crippen molar-refractivity contribution in [3.05, 3.63) is 0 Å². The number of rotatable bonds is 2. The third-order valence-corrected chi connectivity index (χ3v) is 4.85. The summed E-state index contributed by atoms with van der Waals surface area (Å²) in [6.45, 7) is 0. The molecule has 2 nitrogen and oxygen atoms in total. The van der Waals surface area contributed by atoms with Crippen LogP contribution in [0.3, 0.4) is 0 Å². The van der Waals surface area contributed by atoms with Gasteiger partial charge in [0.15, 0.2) is 0 Å². The fourth-order valence-corrected chi connectivity index (χ4v) is 3.83. The minimum absolute atomic E-state index is 0.125. The molecule has 2 aliphatic carbocycles. The molecule has 0 unspecified atom stereocenters. The summed E-state index contributed by atoms with van der Waals surface area (Å²) in [6.07, 6.45) is 11.8. The van der Waals surface area contributed by atoms with Crippen molar-refractivity contribution in [3.63, 3.8) is 0 Å². The van der Waals surface area contributed by atoms with Gasteiger partial charge in [-0.15, -0.1) is 0 Å². The van der Waals surface area contributed by atoms with Gasteiger partial charge in [-0.05, 0) is 25.7 Å². The Kier molecular flexibility index (Phi) is 3.54. The summed E-state index contributed by atoms with van der Waals surface area (Å²) in [7, 11) is 1.82. The second kappa shape index (κ2) is 4.75. The molecule has 0 N–H and O–H groups in total. The highest BCUT2D eigenvalue weighted by Gasteiger charge is 2.52. The Balaban J connectivity index is 2.25. The van der Waals surface area contributed by atoms with Gasteiger partial charge in [-0.25, -0.2) is 0 Å². The van der Waals surface area contributed by atoms with Crippen LogP contribution < -0.4 is 0 Å². The third kappa shape index (κ3) is 1.76. The third-order valence-electron chi connectivity index (χ3n) is 4.85. The Labute approximate surface area is 99.0 Å². The molecule has 0 bridgehead atoms. The number of hydrogen-bond donors (Lipinski definition) is 0. The molecule has 0 radical (unpaired) electrons. The minimum Gasteiger partial charge on any atom is -0.377 e. The van der Waals surface area contributed by atoms with Crippen LogP contribution in [0.15, 0.2) is 0 Å². The highest BCUT2D eigenvalue weighted by Crippen LogP contribution is 2.52. The van der Waals surface area contributed by atoms with E-state index in [0.29, 0.717) is 0 Å². The molecule has 0 aromatic heterocycles. The van der Waals surface area contributed by atoms with Crippen molar-refractivity contribution < 1.29 is 4.74 Å². The Morgan fingerprint density at radius 3 is 1.81 bits per heavy atom. The molecule has 2 heteroatoms. The van der Waals surface area contributed by atoms with E-state index < -0.39 is 0 Å². The SMILES string of the molecule is COC1(C2(C#N)CCCCC2)CCCCC1. The topological polar surface area (TPSA) is 33.0 Å². The predicted molar refractivity (Wildman–Crippen MR) is 64.0 cm³/mol. The van der Waals surface area contributed by atoms with Crippen molar-refractivity contribution in [3.8, 4) is 6.07 Å². The van der Waals surface area contributed by atoms with Crippen LogP contribution in [0.4, 0.5) is 0 Å². The Morgan fingerprint density at radius 1 is 0.875 bits per heavy atom. The zero-order valence-corrected chi connectivity index (χ0v) is 10.4. The summed E-state index contributed by atoms with van der Waals surface area (Å²) in [4.78, 5) is 0. The monoisotopic (exact) mass is 221 g/mol. The van der Waals surface area contributed by atoms with Crippen LogP contribution in [0.1, 0.15) is 64.2 Å². The lowest BCUT2D eigenvalue weighted by molar-refractivity contribution is -0.125. The largest absolute Gasteiger partial charge is 0.377 e. The van der Waals surface area contributed by atoms with Gasteiger partial charge in [0, 0.05) is 7.11 Å². The van der Waals surface area contributed by atoms with E-state index in [1.165, 1.54) is 38.5 Å². The maximum atomic E-state index is 9.66. The van der Waals surface area contributed by atoms with Crippen molar-refractivity contribution in [1.29, 1.82) is 5.26 Å². The summed E-state index contributed by atoms with van der Waals surface area (Å²) in [5.74, 6) is 0. The van der Waals surface area contributed by atoms with Crippen LogP contribution in [-0.2, 0) is 4.74 Å². The van der Waals surface area contributed by atoms with Crippen molar-refractivity contribution in [2.45, 2.75) is 69.8 Å². The highest BCUT2D eigenvalue weighted by molar-refractivity contribution is 5.13. The molecule has 0 aliphatic heterocycles. The molecule has 0 amide bonds. The lowest BCUT2D eigenvalue weighted by Crippen LogP contribution is -2.51. The van der Waals surface area contributed by atoms with Gasteiger partial charge in [0.2, 0.25) is 0 Å². The van der Waals surface area contributed by atoms with E-state index in [1.54, 1.807) is 0 Å². The Bertz CT molecular complexity index is 267. The van der Waals surface area contributed by atoms with Gasteiger partial charge >= 0.3 is 0 Å². The van der Waals surface area contributed by atoms with Crippen LogP contribution in [-0.4, -0.2) is 12.7 Å². The van der Waals surface area contributed by atoms with E-state index in [-0.39, 0.29) is 11.0 Å². The molecular weight excluding hydrogens is 198 g/mol. The summed E-state index contributed by atoms with van der Waals surface area (Å²) in [5, 5.41) is 9.66. The van der Waals surface area contributed by atoms with Crippen molar-refractivity contribution in [2.75, 3.05) is 7.11 Å². The van der Waals surface area contributed by atoms with E-state index >= 15 is 0 Å². The lowest BCUT2D eigenvalue weighted by atomic mass is 9.59. The average Bonchev–Trinajstić information content (AvgIpc) is 2.40. The predicted octanol–water partition coefficient (Wildman–Crippen LogP) is 3.81. The molecule has 0 aromatic rings. The molecule has 0 saturated heterocycles. The van der Waals surface area contributed by atoms with Gasteiger partial charge in [-0.1, -0.05) is 38.5 Å². The summed E-state index contributed by atoms with van der Waals surface area (Å²) in [6, 6.07) is 2.65. The van der Waals surface area contributed by atoms with Crippen LogP contribution in [0.25, 0.3) is 0 Å². The zero-order valence-electron chi connectivity index (χ0n) is 10.4. The normalized spacial score (nSPS) is 28.2. The first-order chi connectivity index (χ1) is 7.79. The number of ether oxygens (including phenoxy) is 1. The molecule has 16 heavy (non-hydrogen) atoms. The average molecular weight is 221 g/mol. The van der Waals surface area contributed by atoms with E-state index in [4.69, 9.17) is 4.74 Å². The van der Waals surface area contributed by atoms with Gasteiger partial charge in [-0.2, -0.15) is 5.26 Å². The number of hydrogen-bond acceptors (Lipinski definition) is 2. The summed E-state index contributed by atoms with van der Waals surface area (Å²) < 4.78 is 5.89. The standard InChI is InChI=1S/C14H23NO/c1-16-14(10-6-3-7-11-14)13(12-15)8-4-2-5-9-13/h2-11H2,1H3. The Hall–Kier alpha value is -0.550. The van der Waals surface area contributed by atoms with Crippen LogP contribution in [0.5, 0.6) is 0 Å². The molecule has 0 spiro atoms. The Morgan fingerprint density at radius 2 is 1.38 bits per heavy atom. The molecule has 0 heterocycles. The maximum Gasteiger partial charge on any atom is 0.0864 e. The first kappa shape index (κ1) is 11.9. The van der Waals surface area contributed by atoms with Gasteiger partial charge in [-0.3, -0.25) is 0 Å². The second-order valence-corrected chi connectivity index (χ2v) is 5.51. The molecule has 2 saturated carbocycles. The van der Waals surface area contributed by atoms with Gasteiger partial charge in [0.05, 0.1) is 17.1 Å². The molecule has 0 aromatic carbocycles. The van der Waals surface area contributed by atoms with Crippen molar-refractivity contribution in [2.24, 2.45) is 5.41 Å². The molecule has 2 fully saturated rings. The van der Waals surface area contributed by atoms with Gasteiger partial charge < -0.3 is 4.74 Å². The lowest BCUT2D eigenvalue weighted by Gasteiger charge is -2.49. The summed E-state index contributed by atoms with van der Waals surface area (Å²) >= 11 is 0. The second-order valence-electron chi connectivity index (χ2n) is 5.51. The maximum absolute atomic E-state index is 9.66. The van der Waals surface area contributed by atoms with Crippen LogP contribution in [0.2, 0.25) is 0 Å².